The molecule has 3 heteroatoms. The summed E-state index contributed by atoms with van der Waals surface area (Å²) in [4.78, 5) is 0. The summed E-state index contributed by atoms with van der Waals surface area (Å²) in [6.45, 7) is 7.82. The van der Waals surface area contributed by atoms with Crippen LogP contribution >= 0.6 is 0 Å². The lowest BCUT2D eigenvalue weighted by Gasteiger charge is -2.28. The molecule has 0 aliphatic heterocycles. The van der Waals surface area contributed by atoms with E-state index in [1.807, 2.05) is 45.9 Å². The molecular weight excluding hydrogens is 324 g/mol. The fourth-order valence-electron chi connectivity index (χ4n) is 3.73. The third-order valence-corrected chi connectivity index (χ3v) is 5.70. The van der Waals surface area contributed by atoms with Crippen LogP contribution < -0.4 is 0 Å². The molecule has 0 fully saturated rings. The molecule has 0 saturated heterocycles. The molecule has 2 aromatic carbocycles. The van der Waals surface area contributed by atoms with E-state index in [0.29, 0.717) is 5.76 Å². The van der Waals surface area contributed by atoms with Crippen LogP contribution in [0.2, 0.25) is 0 Å². The number of hydrogen-bond donors (Lipinski definition) is 3. The highest BCUT2D eigenvalue weighted by Gasteiger charge is 2.27. The Morgan fingerprint density at radius 2 is 1.12 bits per heavy atom. The van der Waals surface area contributed by atoms with Gasteiger partial charge < -0.3 is 15.3 Å². The zero-order valence-corrected chi connectivity index (χ0v) is 15.8. The van der Waals surface area contributed by atoms with Crippen molar-refractivity contribution in [3.8, 4) is 11.5 Å². The first-order valence-electron chi connectivity index (χ1n) is 9.00. The Labute approximate surface area is 155 Å². The van der Waals surface area contributed by atoms with Gasteiger partial charge in [-0.1, -0.05) is 18.2 Å². The molecule has 1 aliphatic rings. The molecule has 0 spiro atoms. The minimum atomic E-state index is -0.148. The molecule has 2 aromatic rings. The number of allylic oxidation sites excluding steroid dienone is 3. The molecular formula is C23H26O3. The number of benzene rings is 2. The Balaban J connectivity index is 2.29. The third-order valence-electron chi connectivity index (χ3n) is 5.70. The standard InChI is InChI=1S/C23H26O3/c1-13-15(3)20(24)11-9-17(13)23(19-7-5-6-8-22(19)26)18-10-12-21(25)16(4)14(18)2/h7-12,23-26H,5-6H2,1-4H3. The van der Waals surface area contributed by atoms with Gasteiger partial charge in [-0.15, -0.1) is 0 Å². The highest BCUT2D eigenvalue weighted by atomic mass is 16.3. The van der Waals surface area contributed by atoms with Crippen LogP contribution in [0.15, 0.2) is 47.7 Å². The van der Waals surface area contributed by atoms with Gasteiger partial charge in [-0.25, -0.2) is 0 Å². The van der Waals surface area contributed by atoms with Crippen LogP contribution in [-0.4, -0.2) is 15.3 Å². The highest BCUT2D eigenvalue weighted by Crippen LogP contribution is 2.42. The predicted molar refractivity (Wildman–Crippen MR) is 105 cm³/mol. The third kappa shape index (κ3) is 2.98. The second kappa shape index (κ2) is 6.91. The van der Waals surface area contributed by atoms with Gasteiger partial charge in [0.05, 0.1) is 0 Å². The summed E-state index contributed by atoms with van der Waals surface area (Å²) in [5.74, 6) is 0.726. The van der Waals surface area contributed by atoms with Gasteiger partial charge in [-0.3, -0.25) is 0 Å². The van der Waals surface area contributed by atoms with Gasteiger partial charge in [-0.2, -0.15) is 0 Å². The van der Waals surface area contributed by atoms with Crippen molar-refractivity contribution in [1.82, 2.24) is 0 Å². The second-order valence-corrected chi connectivity index (χ2v) is 7.11. The van der Waals surface area contributed by atoms with Gasteiger partial charge in [0.2, 0.25) is 0 Å². The molecule has 0 unspecified atom stereocenters. The van der Waals surface area contributed by atoms with Gasteiger partial charge in [0.25, 0.3) is 0 Å². The summed E-state index contributed by atoms with van der Waals surface area (Å²) in [6, 6.07) is 7.31. The topological polar surface area (TPSA) is 60.7 Å². The van der Waals surface area contributed by atoms with Gasteiger partial charge >= 0.3 is 0 Å². The number of phenols is 2. The number of aromatic hydroxyl groups is 2. The molecule has 26 heavy (non-hydrogen) atoms. The van der Waals surface area contributed by atoms with E-state index in [9.17, 15) is 15.3 Å². The van der Waals surface area contributed by atoms with E-state index in [4.69, 9.17) is 0 Å². The van der Waals surface area contributed by atoms with Crippen LogP contribution in [0.5, 0.6) is 11.5 Å². The fourth-order valence-corrected chi connectivity index (χ4v) is 3.73. The number of rotatable bonds is 3. The zero-order chi connectivity index (χ0) is 19.0. The normalized spacial score (nSPS) is 14.3. The van der Waals surface area contributed by atoms with Crippen molar-refractivity contribution < 1.29 is 15.3 Å². The average molecular weight is 350 g/mol. The quantitative estimate of drug-likeness (QED) is 0.673. The van der Waals surface area contributed by atoms with E-state index in [2.05, 4.69) is 6.08 Å². The summed E-state index contributed by atoms with van der Waals surface area (Å²) < 4.78 is 0. The van der Waals surface area contributed by atoms with Crippen LogP contribution in [0, 0.1) is 27.7 Å². The maximum atomic E-state index is 10.6. The molecule has 0 atom stereocenters. The maximum Gasteiger partial charge on any atom is 0.118 e. The van der Waals surface area contributed by atoms with Gasteiger partial charge in [0.1, 0.15) is 17.3 Å². The summed E-state index contributed by atoms with van der Waals surface area (Å²) in [5, 5.41) is 30.7. The summed E-state index contributed by atoms with van der Waals surface area (Å²) >= 11 is 0. The Morgan fingerprint density at radius 1 is 0.654 bits per heavy atom. The van der Waals surface area contributed by atoms with Gasteiger partial charge in [0.15, 0.2) is 0 Å². The lowest BCUT2D eigenvalue weighted by molar-refractivity contribution is 0.410. The largest absolute Gasteiger partial charge is 0.508 e. The molecule has 3 rings (SSSR count). The van der Waals surface area contributed by atoms with E-state index in [1.54, 1.807) is 12.1 Å². The molecule has 0 bridgehead atoms. The first kappa shape index (κ1) is 18.1. The van der Waals surface area contributed by atoms with E-state index in [1.165, 1.54) is 0 Å². The molecule has 0 amide bonds. The van der Waals surface area contributed by atoms with Crippen molar-refractivity contribution >= 4 is 0 Å². The Bertz CT molecular complexity index is 862. The molecule has 0 aromatic heterocycles. The Kier molecular flexibility index (Phi) is 4.82. The summed E-state index contributed by atoms with van der Waals surface area (Å²) in [6.07, 6.45) is 5.70. The SMILES string of the molecule is Cc1c(O)ccc(C(C2=CCCC=C2O)c2ccc(O)c(C)c2C)c1C. The molecule has 3 nitrogen and oxygen atoms in total. The van der Waals surface area contributed by atoms with Crippen molar-refractivity contribution in [2.45, 2.75) is 46.5 Å². The number of aliphatic hydroxyl groups is 1. The van der Waals surface area contributed by atoms with Crippen molar-refractivity contribution in [3.05, 3.63) is 81.1 Å². The summed E-state index contributed by atoms with van der Waals surface area (Å²) in [5.41, 5.74) is 6.72. The van der Waals surface area contributed by atoms with Crippen molar-refractivity contribution in [1.29, 1.82) is 0 Å². The zero-order valence-electron chi connectivity index (χ0n) is 15.8. The van der Waals surface area contributed by atoms with Crippen LogP contribution in [0.1, 0.15) is 52.1 Å². The van der Waals surface area contributed by atoms with Crippen LogP contribution in [-0.2, 0) is 0 Å². The molecule has 0 heterocycles. The summed E-state index contributed by atoms with van der Waals surface area (Å²) in [7, 11) is 0. The first-order chi connectivity index (χ1) is 12.3. The molecule has 1 aliphatic carbocycles. The highest BCUT2D eigenvalue weighted by molar-refractivity contribution is 5.57. The van der Waals surface area contributed by atoms with E-state index < -0.39 is 0 Å². The smallest absolute Gasteiger partial charge is 0.118 e. The molecule has 0 saturated carbocycles. The average Bonchev–Trinajstić information content (AvgIpc) is 2.62. The van der Waals surface area contributed by atoms with Gasteiger partial charge in [0, 0.05) is 11.5 Å². The maximum absolute atomic E-state index is 10.6. The monoisotopic (exact) mass is 350 g/mol. The number of aliphatic hydroxyl groups excluding tert-OH is 1. The van der Waals surface area contributed by atoms with E-state index >= 15 is 0 Å². The number of hydrogen-bond acceptors (Lipinski definition) is 3. The van der Waals surface area contributed by atoms with Crippen LogP contribution in [0.3, 0.4) is 0 Å². The molecule has 0 radical (unpaired) electrons. The van der Waals surface area contributed by atoms with E-state index in [0.717, 1.165) is 51.8 Å². The van der Waals surface area contributed by atoms with Crippen molar-refractivity contribution in [2.24, 2.45) is 0 Å². The Hall–Kier alpha value is -2.68. The minimum absolute atomic E-state index is 0.148. The fraction of sp³-hybridized carbons (Fsp3) is 0.304. The minimum Gasteiger partial charge on any atom is -0.508 e. The Morgan fingerprint density at radius 3 is 1.58 bits per heavy atom. The van der Waals surface area contributed by atoms with Crippen LogP contribution in [0.25, 0.3) is 0 Å². The first-order valence-corrected chi connectivity index (χ1v) is 9.00. The number of phenolic OH excluding ortho intramolecular Hbond substituents is 2. The van der Waals surface area contributed by atoms with E-state index in [-0.39, 0.29) is 17.4 Å². The van der Waals surface area contributed by atoms with Crippen LogP contribution in [0.4, 0.5) is 0 Å². The second-order valence-electron chi connectivity index (χ2n) is 7.11. The van der Waals surface area contributed by atoms with Gasteiger partial charge in [-0.05, 0) is 92.1 Å². The van der Waals surface area contributed by atoms with Crippen molar-refractivity contribution in [2.75, 3.05) is 0 Å². The predicted octanol–water partition coefficient (Wildman–Crippen LogP) is 5.63. The molecule has 3 N–H and O–H groups in total. The van der Waals surface area contributed by atoms with Crippen molar-refractivity contribution in [3.63, 3.8) is 0 Å². The lowest BCUT2D eigenvalue weighted by atomic mass is 9.77. The lowest BCUT2D eigenvalue weighted by Crippen LogP contribution is -2.13. The molecule has 136 valence electrons.